The first-order valence-electron chi connectivity index (χ1n) is 6.95. The molecule has 0 nitrogen and oxygen atoms in total. The van der Waals surface area contributed by atoms with Gasteiger partial charge in [0.05, 0.1) is 4.87 Å². The maximum absolute atomic E-state index is 6.78. The number of benzene rings is 2. The molecule has 2 rings (SSSR count). The third kappa shape index (κ3) is 3.01. The van der Waals surface area contributed by atoms with Crippen LogP contribution in [0.2, 0.25) is 0 Å². The summed E-state index contributed by atoms with van der Waals surface area (Å²) < 4.78 is 0. The molecule has 0 aliphatic carbocycles. The average molecular weight is 273 g/mol. The van der Waals surface area contributed by atoms with E-state index in [0.717, 1.165) is 24.0 Å². The third-order valence-corrected chi connectivity index (χ3v) is 4.25. The second-order valence-corrected chi connectivity index (χ2v) is 5.86. The van der Waals surface area contributed by atoms with Crippen molar-refractivity contribution in [3.63, 3.8) is 0 Å². The molecule has 0 aliphatic heterocycles. The zero-order valence-corrected chi connectivity index (χ0v) is 12.7. The first-order valence-corrected chi connectivity index (χ1v) is 7.33. The van der Waals surface area contributed by atoms with Gasteiger partial charge in [0.1, 0.15) is 0 Å². The Morgan fingerprint density at radius 3 is 1.32 bits per heavy atom. The monoisotopic (exact) mass is 272 g/mol. The van der Waals surface area contributed by atoms with Crippen molar-refractivity contribution in [2.45, 2.75) is 38.5 Å². The Labute approximate surface area is 121 Å². The Kier molecular flexibility index (Phi) is 4.31. The number of hydrogen-bond donors (Lipinski definition) is 0. The van der Waals surface area contributed by atoms with Crippen molar-refractivity contribution in [1.82, 2.24) is 0 Å². The molecule has 0 heterocycles. The van der Waals surface area contributed by atoms with Crippen LogP contribution >= 0.6 is 11.6 Å². The SMILES string of the molecule is CCc1ccc(C(C)(Cl)c2ccc(CC)cc2)cc1. The smallest absolute Gasteiger partial charge is 0.0916 e. The first-order chi connectivity index (χ1) is 9.07. The van der Waals surface area contributed by atoms with Crippen molar-refractivity contribution in [2.24, 2.45) is 0 Å². The summed E-state index contributed by atoms with van der Waals surface area (Å²) in [6.07, 6.45) is 2.12. The molecule has 0 saturated carbocycles. The molecule has 2 aromatic rings. The first kappa shape index (κ1) is 14.1. The van der Waals surface area contributed by atoms with Crippen LogP contribution in [0.5, 0.6) is 0 Å². The Bertz CT molecular complexity index is 471. The molecular formula is C18H21Cl. The molecule has 0 bridgehead atoms. The summed E-state index contributed by atoms with van der Waals surface area (Å²) >= 11 is 6.78. The molecule has 19 heavy (non-hydrogen) atoms. The lowest BCUT2D eigenvalue weighted by Gasteiger charge is -2.24. The Balaban J connectivity index is 2.33. The molecule has 0 aromatic heterocycles. The highest BCUT2D eigenvalue weighted by molar-refractivity contribution is 6.25. The predicted molar refractivity (Wildman–Crippen MR) is 83.9 cm³/mol. The molecule has 0 spiro atoms. The summed E-state index contributed by atoms with van der Waals surface area (Å²) in [6, 6.07) is 17.2. The molecule has 2 aromatic carbocycles. The van der Waals surface area contributed by atoms with Gasteiger partial charge in [-0.05, 0) is 42.0 Å². The van der Waals surface area contributed by atoms with Crippen LogP contribution in [0, 0.1) is 0 Å². The van der Waals surface area contributed by atoms with E-state index in [4.69, 9.17) is 11.6 Å². The minimum Gasteiger partial charge on any atom is -0.109 e. The van der Waals surface area contributed by atoms with Crippen LogP contribution in [0.25, 0.3) is 0 Å². The third-order valence-electron chi connectivity index (χ3n) is 3.81. The van der Waals surface area contributed by atoms with Crippen LogP contribution in [0.3, 0.4) is 0 Å². The van der Waals surface area contributed by atoms with Gasteiger partial charge in [-0.1, -0.05) is 62.4 Å². The zero-order chi connectivity index (χ0) is 13.9. The maximum atomic E-state index is 6.78. The summed E-state index contributed by atoms with van der Waals surface area (Å²) in [6.45, 7) is 6.40. The van der Waals surface area contributed by atoms with Gasteiger partial charge in [0, 0.05) is 0 Å². The van der Waals surface area contributed by atoms with Crippen LogP contribution in [0.15, 0.2) is 48.5 Å². The van der Waals surface area contributed by atoms with Crippen LogP contribution in [-0.2, 0) is 17.7 Å². The highest BCUT2D eigenvalue weighted by Crippen LogP contribution is 2.36. The fraction of sp³-hybridized carbons (Fsp3) is 0.333. The second kappa shape index (κ2) is 5.79. The van der Waals surface area contributed by atoms with E-state index in [0.29, 0.717) is 0 Å². The van der Waals surface area contributed by atoms with Gasteiger partial charge in [-0.25, -0.2) is 0 Å². The Morgan fingerprint density at radius 2 is 1.05 bits per heavy atom. The summed E-state index contributed by atoms with van der Waals surface area (Å²) in [4.78, 5) is -0.460. The summed E-state index contributed by atoms with van der Waals surface area (Å²) in [5.41, 5.74) is 4.99. The lowest BCUT2D eigenvalue weighted by atomic mass is 9.90. The summed E-state index contributed by atoms with van der Waals surface area (Å²) in [7, 11) is 0. The quantitative estimate of drug-likeness (QED) is 0.662. The van der Waals surface area contributed by atoms with E-state index in [2.05, 4.69) is 69.3 Å². The molecule has 100 valence electrons. The highest BCUT2D eigenvalue weighted by atomic mass is 35.5. The topological polar surface area (TPSA) is 0 Å². The van der Waals surface area contributed by atoms with E-state index < -0.39 is 4.87 Å². The van der Waals surface area contributed by atoms with Gasteiger partial charge in [-0.2, -0.15) is 0 Å². The molecule has 0 atom stereocenters. The number of hydrogen-bond acceptors (Lipinski definition) is 0. The number of halogens is 1. The maximum Gasteiger partial charge on any atom is 0.0916 e. The van der Waals surface area contributed by atoms with Crippen LogP contribution < -0.4 is 0 Å². The molecule has 0 saturated heterocycles. The van der Waals surface area contributed by atoms with Crippen molar-refractivity contribution >= 4 is 11.6 Å². The van der Waals surface area contributed by atoms with E-state index in [9.17, 15) is 0 Å². The standard InChI is InChI=1S/C18H21Cl/c1-4-14-6-10-16(11-7-14)18(3,19)17-12-8-15(5-2)9-13-17/h6-13H,4-5H2,1-3H3. The lowest BCUT2D eigenvalue weighted by Crippen LogP contribution is -2.15. The van der Waals surface area contributed by atoms with E-state index in [-0.39, 0.29) is 0 Å². The Morgan fingerprint density at radius 1 is 0.737 bits per heavy atom. The lowest BCUT2D eigenvalue weighted by molar-refractivity contribution is 0.820. The zero-order valence-electron chi connectivity index (χ0n) is 11.9. The minimum atomic E-state index is -0.460. The van der Waals surface area contributed by atoms with E-state index >= 15 is 0 Å². The van der Waals surface area contributed by atoms with Gasteiger partial charge in [-0.15, -0.1) is 11.6 Å². The molecule has 0 unspecified atom stereocenters. The van der Waals surface area contributed by atoms with Gasteiger partial charge in [-0.3, -0.25) is 0 Å². The van der Waals surface area contributed by atoms with E-state index in [1.807, 2.05) is 0 Å². The van der Waals surface area contributed by atoms with Gasteiger partial charge >= 0.3 is 0 Å². The van der Waals surface area contributed by atoms with Crippen molar-refractivity contribution in [3.05, 3.63) is 70.8 Å². The van der Waals surface area contributed by atoms with Crippen LogP contribution in [0.1, 0.15) is 43.0 Å². The van der Waals surface area contributed by atoms with E-state index in [1.54, 1.807) is 0 Å². The molecule has 0 amide bonds. The molecule has 1 heteroatoms. The molecule has 0 fully saturated rings. The van der Waals surface area contributed by atoms with E-state index in [1.165, 1.54) is 11.1 Å². The van der Waals surface area contributed by atoms with Crippen molar-refractivity contribution in [1.29, 1.82) is 0 Å². The molecular weight excluding hydrogens is 252 g/mol. The fourth-order valence-corrected chi connectivity index (χ4v) is 2.53. The number of aryl methyl sites for hydroxylation is 2. The molecule has 0 aliphatic rings. The fourth-order valence-electron chi connectivity index (χ4n) is 2.27. The van der Waals surface area contributed by atoms with Crippen molar-refractivity contribution in [2.75, 3.05) is 0 Å². The van der Waals surface area contributed by atoms with Crippen LogP contribution in [0.4, 0.5) is 0 Å². The van der Waals surface area contributed by atoms with Gasteiger partial charge in [0.25, 0.3) is 0 Å². The van der Waals surface area contributed by atoms with Gasteiger partial charge in [0.15, 0.2) is 0 Å². The second-order valence-electron chi connectivity index (χ2n) is 5.10. The molecule has 0 N–H and O–H groups in total. The number of rotatable bonds is 4. The van der Waals surface area contributed by atoms with Crippen LogP contribution in [-0.4, -0.2) is 0 Å². The van der Waals surface area contributed by atoms with Crippen molar-refractivity contribution in [3.8, 4) is 0 Å². The highest BCUT2D eigenvalue weighted by Gasteiger charge is 2.25. The predicted octanol–water partition coefficient (Wildman–Crippen LogP) is 5.31. The average Bonchev–Trinajstić information content (AvgIpc) is 2.47. The van der Waals surface area contributed by atoms with Gasteiger partial charge < -0.3 is 0 Å². The minimum absolute atomic E-state index is 0.460. The molecule has 0 radical (unpaired) electrons. The largest absolute Gasteiger partial charge is 0.109 e. The van der Waals surface area contributed by atoms with Crippen molar-refractivity contribution < 1.29 is 0 Å². The summed E-state index contributed by atoms with van der Waals surface area (Å²) in [5, 5.41) is 0. The number of alkyl halides is 1. The normalized spacial score (nSPS) is 11.6. The summed E-state index contributed by atoms with van der Waals surface area (Å²) in [5.74, 6) is 0. The van der Waals surface area contributed by atoms with Gasteiger partial charge in [0.2, 0.25) is 0 Å². The Hall–Kier alpha value is -1.27.